The first-order chi connectivity index (χ1) is 13.1. The van der Waals surface area contributed by atoms with E-state index in [0.717, 1.165) is 31.3 Å². The molecule has 4 rings (SSSR count). The molecule has 6 nitrogen and oxygen atoms in total. The maximum absolute atomic E-state index is 13.9. The van der Waals surface area contributed by atoms with E-state index in [1.807, 2.05) is 28.5 Å². The molecule has 2 aliphatic rings. The predicted octanol–water partition coefficient (Wildman–Crippen LogP) is 4.08. The van der Waals surface area contributed by atoms with Crippen LogP contribution in [0, 0.1) is 15.9 Å². The fraction of sp³-hybridized carbons (Fsp3) is 0.263. The third-order valence-electron chi connectivity index (χ3n) is 4.85. The number of nitrogens with zero attached hydrogens (tertiary/aromatic N) is 3. The molecule has 8 heteroatoms. The van der Waals surface area contributed by atoms with Gasteiger partial charge in [-0.2, -0.15) is 4.39 Å². The number of hydrogen-bond acceptors (Lipinski definition) is 6. The van der Waals surface area contributed by atoms with Gasteiger partial charge >= 0.3 is 5.69 Å². The van der Waals surface area contributed by atoms with Gasteiger partial charge in [-0.25, -0.2) is 0 Å². The molecule has 0 saturated carbocycles. The zero-order chi connectivity index (χ0) is 19.0. The van der Waals surface area contributed by atoms with Crippen LogP contribution in [0.1, 0.15) is 10.4 Å². The molecule has 2 aliphatic heterocycles. The topological polar surface area (TPSA) is 58.9 Å². The Balaban J connectivity index is 1.55. The number of hydrogen-bond donors (Lipinski definition) is 0. The molecule has 140 valence electrons. The van der Waals surface area contributed by atoms with Crippen LogP contribution in [0.25, 0.3) is 0 Å². The number of methoxy groups -OCH3 is 1. The Morgan fingerprint density at radius 1 is 1.37 bits per heavy atom. The number of nitro groups is 1. The lowest BCUT2D eigenvalue weighted by molar-refractivity contribution is -0.387. The van der Waals surface area contributed by atoms with Crippen LogP contribution >= 0.6 is 11.3 Å². The van der Waals surface area contributed by atoms with Crippen molar-refractivity contribution >= 4 is 22.7 Å². The van der Waals surface area contributed by atoms with Crippen molar-refractivity contribution in [2.75, 3.05) is 25.1 Å². The summed E-state index contributed by atoms with van der Waals surface area (Å²) < 4.78 is 19.1. The van der Waals surface area contributed by atoms with Crippen molar-refractivity contribution in [3.05, 3.63) is 74.0 Å². The molecule has 0 atom stereocenters. The second-order valence-corrected chi connectivity index (χ2v) is 7.37. The van der Waals surface area contributed by atoms with Crippen LogP contribution < -0.4 is 9.64 Å². The van der Waals surface area contributed by atoms with Gasteiger partial charge in [-0.1, -0.05) is 0 Å². The normalized spacial score (nSPS) is 16.1. The maximum atomic E-state index is 13.9. The summed E-state index contributed by atoms with van der Waals surface area (Å²) in [5.41, 5.74) is 2.41. The van der Waals surface area contributed by atoms with E-state index in [-0.39, 0.29) is 5.75 Å². The lowest BCUT2D eigenvalue weighted by Gasteiger charge is -2.33. The van der Waals surface area contributed by atoms with Crippen molar-refractivity contribution < 1.29 is 14.1 Å². The van der Waals surface area contributed by atoms with E-state index in [1.54, 1.807) is 0 Å². The van der Waals surface area contributed by atoms with Crippen LogP contribution in [0.5, 0.6) is 5.75 Å². The monoisotopic (exact) mass is 387 g/mol. The Morgan fingerprint density at radius 2 is 2.22 bits per heavy atom. The minimum absolute atomic E-state index is 0.264. The number of nitro benzene ring substituents is 1. The van der Waals surface area contributed by atoms with E-state index in [9.17, 15) is 14.5 Å². The molecule has 0 N–H and O–H groups in total. The van der Waals surface area contributed by atoms with E-state index in [1.165, 1.54) is 23.6 Å². The van der Waals surface area contributed by atoms with Crippen LogP contribution in [-0.4, -0.2) is 30.0 Å². The van der Waals surface area contributed by atoms with Gasteiger partial charge in [0.1, 0.15) is 5.75 Å². The van der Waals surface area contributed by atoms with Gasteiger partial charge in [0.25, 0.3) is 0 Å². The summed E-state index contributed by atoms with van der Waals surface area (Å²) in [6.45, 7) is 2.38. The average molecular weight is 387 g/mol. The number of ether oxygens (including phenoxy) is 1. The highest BCUT2D eigenvalue weighted by Crippen LogP contribution is 2.36. The molecule has 2 aromatic rings. The van der Waals surface area contributed by atoms with Crippen LogP contribution in [-0.2, 0) is 13.0 Å². The summed E-state index contributed by atoms with van der Waals surface area (Å²) in [7, 11) is 1.42. The van der Waals surface area contributed by atoms with Gasteiger partial charge in [0.2, 0.25) is 5.82 Å². The largest absolute Gasteiger partial charge is 0.494 e. The number of allylic oxidation sites excluding steroid dienone is 1. The molecule has 0 fully saturated rings. The van der Waals surface area contributed by atoms with Gasteiger partial charge in [-0.15, -0.1) is 11.3 Å². The SMILES string of the molecule is COc1cc(F)c([N+](=O)[O-])cc1N1C=CC(N2CCc3sccc3C2)=CC1. The summed E-state index contributed by atoms with van der Waals surface area (Å²) in [4.78, 5) is 15.9. The molecule has 3 heterocycles. The molecule has 0 aliphatic carbocycles. The fourth-order valence-corrected chi connectivity index (χ4v) is 4.32. The minimum Gasteiger partial charge on any atom is -0.494 e. The van der Waals surface area contributed by atoms with Gasteiger partial charge in [0, 0.05) is 48.5 Å². The number of fused-ring (bicyclic) bond motifs is 1. The first-order valence-corrected chi connectivity index (χ1v) is 9.42. The third-order valence-corrected chi connectivity index (χ3v) is 5.87. The Kier molecular flexibility index (Phi) is 4.57. The molecule has 0 radical (unpaired) electrons. The second-order valence-electron chi connectivity index (χ2n) is 6.37. The number of benzene rings is 1. The Bertz CT molecular complexity index is 954. The van der Waals surface area contributed by atoms with Crippen molar-refractivity contribution in [1.82, 2.24) is 4.90 Å². The molecule has 27 heavy (non-hydrogen) atoms. The summed E-state index contributed by atoms with van der Waals surface area (Å²) >= 11 is 1.81. The van der Waals surface area contributed by atoms with Crippen LogP contribution in [0.15, 0.2) is 47.6 Å². The van der Waals surface area contributed by atoms with Gasteiger partial charge in [-0.05, 0) is 35.6 Å². The maximum Gasteiger partial charge on any atom is 0.307 e. The first kappa shape index (κ1) is 17.5. The molecule has 0 saturated heterocycles. The average Bonchev–Trinajstić information content (AvgIpc) is 3.15. The fourth-order valence-electron chi connectivity index (χ4n) is 3.43. The predicted molar refractivity (Wildman–Crippen MR) is 103 cm³/mol. The quantitative estimate of drug-likeness (QED) is 0.584. The summed E-state index contributed by atoms with van der Waals surface area (Å²) in [5, 5.41) is 13.2. The zero-order valence-electron chi connectivity index (χ0n) is 14.7. The molecule has 0 bridgehead atoms. The minimum atomic E-state index is -0.905. The van der Waals surface area contributed by atoms with Crippen molar-refractivity contribution in [2.45, 2.75) is 13.0 Å². The van der Waals surface area contributed by atoms with E-state index < -0.39 is 16.4 Å². The Morgan fingerprint density at radius 3 is 2.93 bits per heavy atom. The van der Waals surface area contributed by atoms with E-state index in [2.05, 4.69) is 22.4 Å². The van der Waals surface area contributed by atoms with Crippen molar-refractivity contribution in [3.63, 3.8) is 0 Å². The lowest BCUT2D eigenvalue weighted by atomic mass is 10.1. The summed E-state index contributed by atoms with van der Waals surface area (Å²) in [6.07, 6.45) is 6.96. The van der Waals surface area contributed by atoms with Crippen molar-refractivity contribution in [2.24, 2.45) is 0 Å². The van der Waals surface area contributed by atoms with Gasteiger partial charge in [0.05, 0.1) is 17.7 Å². The Hall–Kier alpha value is -2.87. The van der Waals surface area contributed by atoms with Gasteiger partial charge < -0.3 is 14.5 Å². The van der Waals surface area contributed by atoms with Crippen molar-refractivity contribution in [1.29, 1.82) is 0 Å². The van der Waals surface area contributed by atoms with E-state index in [4.69, 9.17) is 4.74 Å². The second kappa shape index (κ2) is 7.03. The molecule has 0 spiro atoms. The van der Waals surface area contributed by atoms with Gasteiger partial charge in [-0.3, -0.25) is 10.1 Å². The lowest BCUT2D eigenvalue weighted by Crippen LogP contribution is -2.31. The van der Waals surface area contributed by atoms with Gasteiger partial charge in [0.15, 0.2) is 0 Å². The molecule has 0 unspecified atom stereocenters. The molecule has 1 aromatic carbocycles. The van der Waals surface area contributed by atoms with Crippen LogP contribution in [0.2, 0.25) is 0 Å². The molecular formula is C19H18FN3O3S. The smallest absolute Gasteiger partial charge is 0.307 e. The number of thiophene rings is 1. The highest BCUT2D eigenvalue weighted by Gasteiger charge is 2.24. The van der Waals surface area contributed by atoms with E-state index >= 15 is 0 Å². The Labute approximate surface area is 159 Å². The highest BCUT2D eigenvalue weighted by molar-refractivity contribution is 7.10. The van der Waals surface area contributed by atoms with E-state index in [0.29, 0.717) is 12.2 Å². The zero-order valence-corrected chi connectivity index (χ0v) is 15.5. The molecule has 1 aromatic heterocycles. The number of anilines is 1. The summed E-state index contributed by atoms with van der Waals surface area (Å²) in [5.74, 6) is -0.641. The van der Waals surface area contributed by atoms with Crippen LogP contribution in [0.3, 0.4) is 0 Å². The summed E-state index contributed by atoms with van der Waals surface area (Å²) in [6, 6.07) is 4.45. The molecule has 0 amide bonds. The number of halogens is 1. The highest BCUT2D eigenvalue weighted by atomic mass is 32.1. The standard InChI is InChI=1S/C19H18FN3O3S/c1-26-18-10-15(20)16(23(24)25)11-17(18)21-6-2-14(3-7-21)22-8-4-19-13(12-22)5-9-27-19/h2-3,5-6,9-11H,4,7-8,12H2,1H3. The molecular weight excluding hydrogens is 369 g/mol. The van der Waals surface area contributed by atoms with Crippen LogP contribution in [0.4, 0.5) is 15.8 Å². The third kappa shape index (κ3) is 3.28. The first-order valence-electron chi connectivity index (χ1n) is 8.54. The van der Waals surface area contributed by atoms with Crippen molar-refractivity contribution in [3.8, 4) is 5.75 Å². The number of rotatable bonds is 4.